The molecule has 4 nitrogen and oxygen atoms in total. The van der Waals surface area contributed by atoms with E-state index in [9.17, 15) is 13.6 Å². The number of rotatable bonds is 3. The molecule has 0 bridgehead atoms. The van der Waals surface area contributed by atoms with Crippen molar-refractivity contribution in [2.45, 2.75) is 26.2 Å². The molecule has 0 saturated heterocycles. The third-order valence-electron chi connectivity index (χ3n) is 2.26. The monoisotopic (exact) mass is 227 g/mol. The molecule has 0 aliphatic heterocycles. The summed E-state index contributed by atoms with van der Waals surface area (Å²) < 4.78 is 26.1. The summed E-state index contributed by atoms with van der Waals surface area (Å²) in [7, 11) is 0. The lowest BCUT2D eigenvalue weighted by atomic mass is 10.3. The van der Waals surface area contributed by atoms with Gasteiger partial charge < -0.3 is 0 Å². The number of alkyl halides is 2. The third kappa shape index (κ3) is 1.82. The lowest BCUT2D eigenvalue weighted by Crippen LogP contribution is -2.13. The first-order valence-electron chi connectivity index (χ1n) is 5.01. The molecule has 2 aromatic rings. The number of halogens is 2. The first-order valence-corrected chi connectivity index (χ1v) is 5.01. The van der Waals surface area contributed by atoms with Crippen molar-refractivity contribution in [2.24, 2.45) is 0 Å². The van der Waals surface area contributed by atoms with Crippen molar-refractivity contribution in [3.63, 3.8) is 0 Å². The Morgan fingerprint density at radius 1 is 1.50 bits per heavy atom. The van der Waals surface area contributed by atoms with E-state index < -0.39 is 12.0 Å². The van der Waals surface area contributed by atoms with Crippen molar-refractivity contribution < 1.29 is 8.78 Å². The Balaban J connectivity index is 2.59. The lowest BCUT2D eigenvalue weighted by Gasteiger charge is -1.97. The molecule has 2 aromatic heterocycles. The molecule has 0 saturated carbocycles. The molecule has 0 amide bonds. The number of nitrogens with zero attached hydrogens (tertiary/aromatic N) is 2. The number of aryl methyl sites for hydroxylation is 1. The highest BCUT2D eigenvalue weighted by Crippen LogP contribution is 2.17. The molecule has 0 atom stereocenters. The highest BCUT2D eigenvalue weighted by molar-refractivity contribution is 5.40. The Morgan fingerprint density at radius 2 is 2.25 bits per heavy atom. The van der Waals surface area contributed by atoms with Crippen LogP contribution in [0, 0.1) is 0 Å². The van der Waals surface area contributed by atoms with Crippen molar-refractivity contribution in [2.75, 3.05) is 0 Å². The molecule has 0 radical (unpaired) electrons. The van der Waals surface area contributed by atoms with Crippen molar-refractivity contribution in [3.8, 4) is 0 Å². The van der Waals surface area contributed by atoms with E-state index in [0.717, 1.165) is 12.5 Å². The summed E-state index contributed by atoms with van der Waals surface area (Å²) in [4.78, 5) is 15.6. The average molecular weight is 227 g/mol. The van der Waals surface area contributed by atoms with Crippen molar-refractivity contribution in [1.82, 2.24) is 14.6 Å². The molecule has 0 fully saturated rings. The van der Waals surface area contributed by atoms with Crippen LogP contribution in [-0.2, 0) is 6.42 Å². The van der Waals surface area contributed by atoms with Crippen LogP contribution in [0.5, 0.6) is 0 Å². The van der Waals surface area contributed by atoms with E-state index in [-0.39, 0.29) is 11.2 Å². The maximum absolute atomic E-state index is 12.4. The molecule has 86 valence electrons. The largest absolute Gasteiger partial charge is 0.276 e. The van der Waals surface area contributed by atoms with Crippen LogP contribution < -0.4 is 5.56 Å². The van der Waals surface area contributed by atoms with Gasteiger partial charge in [-0.15, -0.1) is 0 Å². The van der Waals surface area contributed by atoms with E-state index in [2.05, 4.69) is 10.1 Å². The molecule has 0 aliphatic rings. The van der Waals surface area contributed by atoms with Gasteiger partial charge in [-0.1, -0.05) is 6.92 Å². The van der Waals surface area contributed by atoms with E-state index in [1.807, 2.05) is 6.92 Å². The summed E-state index contributed by atoms with van der Waals surface area (Å²) in [5.41, 5.74) is -0.562. The van der Waals surface area contributed by atoms with Crippen LogP contribution >= 0.6 is 0 Å². The molecular weight excluding hydrogens is 216 g/mol. The fraction of sp³-hybridized carbons (Fsp3) is 0.400. The van der Waals surface area contributed by atoms with Crippen LogP contribution in [0.1, 0.15) is 31.2 Å². The number of nitrogens with one attached hydrogen (secondary N) is 1. The van der Waals surface area contributed by atoms with Gasteiger partial charge in [0, 0.05) is 18.1 Å². The zero-order chi connectivity index (χ0) is 11.7. The standard InChI is InChI=1S/C10H11F2N3O/c1-2-3-7-13-8-4-6(10(11)12)5-9(16)15(8)14-7/h4-5,10H,2-3H2,1H3,(H,13,14). The summed E-state index contributed by atoms with van der Waals surface area (Å²) in [6.45, 7) is 1.97. The first kappa shape index (κ1) is 10.8. The third-order valence-corrected chi connectivity index (χ3v) is 2.26. The minimum Gasteiger partial charge on any atom is -0.276 e. The second kappa shape index (κ2) is 4.03. The zero-order valence-corrected chi connectivity index (χ0v) is 8.70. The molecule has 6 heteroatoms. The summed E-state index contributed by atoms with van der Waals surface area (Å²) in [5.74, 6) is 0.631. The Morgan fingerprint density at radius 3 is 2.88 bits per heavy atom. The van der Waals surface area contributed by atoms with E-state index in [0.29, 0.717) is 12.2 Å². The second-order valence-corrected chi connectivity index (χ2v) is 3.54. The van der Waals surface area contributed by atoms with Gasteiger partial charge in [-0.2, -0.15) is 0 Å². The normalized spacial score (nSPS) is 11.5. The number of pyridine rings is 1. The highest BCUT2D eigenvalue weighted by Gasteiger charge is 2.12. The molecule has 2 heterocycles. The van der Waals surface area contributed by atoms with Crippen molar-refractivity contribution >= 4 is 5.65 Å². The quantitative estimate of drug-likeness (QED) is 0.870. The predicted octanol–water partition coefficient (Wildman–Crippen LogP) is 1.91. The number of hydrogen-bond donors (Lipinski definition) is 1. The molecule has 16 heavy (non-hydrogen) atoms. The maximum atomic E-state index is 12.4. The van der Waals surface area contributed by atoms with Gasteiger partial charge in [0.2, 0.25) is 0 Å². The Bertz CT molecular complexity index is 559. The molecule has 0 aliphatic carbocycles. The molecular formula is C10H11F2N3O. The number of fused-ring (bicyclic) bond motifs is 1. The first-order chi connectivity index (χ1) is 7.61. The highest BCUT2D eigenvalue weighted by atomic mass is 19.3. The molecule has 0 unspecified atom stereocenters. The summed E-state index contributed by atoms with van der Waals surface area (Å²) in [6, 6.07) is 2.15. The minimum atomic E-state index is -2.65. The summed E-state index contributed by atoms with van der Waals surface area (Å²) in [5, 5.41) is 2.78. The fourth-order valence-corrected chi connectivity index (χ4v) is 1.54. The molecule has 0 spiro atoms. The van der Waals surface area contributed by atoms with Crippen molar-refractivity contribution in [1.29, 1.82) is 0 Å². The van der Waals surface area contributed by atoms with E-state index in [1.165, 1.54) is 10.6 Å². The summed E-state index contributed by atoms with van der Waals surface area (Å²) in [6.07, 6.45) is -1.09. The maximum Gasteiger partial charge on any atom is 0.271 e. The van der Waals surface area contributed by atoms with Gasteiger partial charge in [0.15, 0.2) is 5.65 Å². The van der Waals surface area contributed by atoms with Gasteiger partial charge in [0.1, 0.15) is 5.82 Å². The average Bonchev–Trinajstić information content (AvgIpc) is 2.61. The van der Waals surface area contributed by atoms with Crippen molar-refractivity contribution in [3.05, 3.63) is 33.9 Å². The van der Waals surface area contributed by atoms with E-state index >= 15 is 0 Å². The van der Waals surface area contributed by atoms with Gasteiger partial charge in [0.05, 0.1) is 0 Å². The SMILES string of the molecule is CCCc1nc2cc(C(F)F)cc(=O)n2[nH]1. The Labute approximate surface area is 89.9 Å². The number of hydrogen-bond acceptors (Lipinski definition) is 2. The molecule has 1 N–H and O–H groups in total. The van der Waals surface area contributed by atoms with Crippen LogP contribution in [0.25, 0.3) is 5.65 Å². The topological polar surface area (TPSA) is 50.2 Å². The minimum absolute atomic E-state index is 0.242. The van der Waals surface area contributed by atoms with E-state index in [4.69, 9.17) is 0 Å². The molecule has 2 rings (SSSR count). The number of aromatic amines is 1. The van der Waals surface area contributed by atoms with Crippen LogP contribution in [0.4, 0.5) is 8.78 Å². The van der Waals surface area contributed by atoms with Crippen LogP contribution in [0.2, 0.25) is 0 Å². The molecule has 0 aromatic carbocycles. The second-order valence-electron chi connectivity index (χ2n) is 3.54. The lowest BCUT2D eigenvalue weighted by molar-refractivity contribution is 0.151. The Kier molecular flexibility index (Phi) is 2.72. The van der Waals surface area contributed by atoms with Gasteiger partial charge >= 0.3 is 0 Å². The smallest absolute Gasteiger partial charge is 0.271 e. The van der Waals surface area contributed by atoms with Gasteiger partial charge in [-0.25, -0.2) is 18.3 Å². The van der Waals surface area contributed by atoms with Gasteiger partial charge in [-0.3, -0.25) is 9.89 Å². The Hall–Kier alpha value is -1.72. The number of aromatic nitrogens is 3. The van der Waals surface area contributed by atoms with E-state index in [1.54, 1.807) is 0 Å². The summed E-state index contributed by atoms with van der Waals surface area (Å²) >= 11 is 0. The van der Waals surface area contributed by atoms with Crippen LogP contribution in [-0.4, -0.2) is 14.6 Å². The van der Waals surface area contributed by atoms with Gasteiger partial charge in [-0.05, 0) is 12.5 Å². The van der Waals surface area contributed by atoms with Crippen LogP contribution in [0.15, 0.2) is 16.9 Å². The van der Waals surface area contributed by atoms with Crippen LogP contribution in [0.3, 0.4) is 0 Å². The fourth-order valence-electron chi connectivity index (χ4n) is 1.54. The predicted molar refractivity (Wildman–Crippen MR) is 54.8 cm³/mol. The zero-order valence-electron chi connectivity index (χ0n) is 8.70. The van der Waals surface area contributed by atoms with Gasteiger partial charge in [0.25, 0.3) is 12.0 Å². The number of H-pyrrole nitrogens is 1.